The van der Waals surface area contributed by atoms with E-state index in [1.807, 2.05) is 5.57 Å². The molecule has 1 unspecified atom stereocenters. The van der Waals surface area contributed by atoms with Gasteiger partial charge in [0.1, 0.15) is 0 Å². The minimum Gasteiger partial charge on any atom is -0.0654 e. The highest BCUT2D eigenvalue weighted by molar-refractivity contribution is 5.81. The van der Waals surface area contributed by atoms with Crippen LogP contribution in [0.15, 0.2) is 41.0 Å². The molecule has 0 aliphatic heterocycles. The maximum absolute atomic E-state index is 2.40. The summed E-state index contributed by atoms with van der Waals surface area (Å²) in [6.07, 6.45) is 15.8. The summed E-state index contributed by atoms with van der Waals surface area (Å²) < 4.78 is 0. The van der Waals surface area contributed by atoms with Crippen LogP contribution in [0.2, 0.25) is 0 Å². The molecule has 1 aromatic rings. The van der Waals surface area contributed by atoms with Crippen LogP contribution in [0.4, 0.5) is 0 Å². The summed E-state index contributed by atoms with van der Waals surface area (Å²) in [7, 11) is 0. The third-order valence-corrected chi connectivity index (χ3v) is 6.42. The second-order valence-corrected chi connectivity index (χ2v) is 8.77. The van der Waals surface area contributed by atoms with E-state index in [4.69, 9.17) is 0 Å². The Morgan fingerprint density at radius 3 is 1.75 bits per heavy atom. The Morgan fingerprint density at radius 2 is 1.18 bits per heavy atom. The highest BCUT2D eigenvalue weighted by atomic mass is 14.4. The third kappa shape index (κ3) is 5.85. The lowest BCUT2D eigenvalue weighted by atomic mass is 9.83. The fourth-order valence-electron chi connectivity index (χ4n) is 4.78. The van der Waals surface area contributed by atoms with Crippen molar-refractivity contribution in [3.05, 3.63) is 52.1 Å². The molecule has 0 nitrogen and oxygen atoms in total. The number of rotatable bonds is 13. The molecule has 2 rings (SSSR count). The highest BCUT2D eigenvalue weighted by Crippen LogP contribution is 2.50. The van der Waals surface area contributed by atoms with Crippen LogP contribution >= 0.6 is 0 Å². The van der Waals surface area contributed by atoms with Crippen molar-refractivity contribution >= 4 is 5.57 Å². The summed E-state index contributed by atoms with van der Waals surface area (Å²) in [6, 6.07) is 9.42. The Kier molecular flexibility index (Phi) is 10.1. The smallest absolute Gasteiger partial charge is 0.00628 e. The van der Waals surface area contributed by atoms with Crippen LogP contribution in [-0.2, 0) is 0 Å². The van der Waals surface area contributed by atoms with Crippen LogP contribution in [0.25, 0.3) is 5.57 Å². The molecular weight excluding hydrogens is 336 g/mol. The molecular formula is C28H44. The minimum absolute atomic E-state index is 0.674. The molecule has 0 saturated heterocycles. The van der Waals surface area contributed by atoms with Crippen LogP contribution in [0.5, 0.6) is 0 Å². The van der Waals surface area contributed by atoms with Gasteiger partial charge in [-0.05, 0) is 74.2 Å². The summed E-state index contributed by atoms with van der Waals surface area (Å²) in [5, 5.41) is 0. The van der Waals surface area contributed by atoms with Crippen LogP contribution < -0.4 is 0 Å². The average molecular weight is 381 g/mol. The lowest BCUT2D eigenvalue weighted by molar-refractivity contribution is 0.600. The Balaban J connectivity index is 2.55. The van der Waals surface area contributed by atoms with Gasteiger partial charge in [-0.1, -0.05) is 95.2 Å². The van der Waals surface area contributed by atoms with Crippen molar-refractivity contribution in [2.45, 2.75) is 112 Å². The number of unbranched alkanes of at least 4 members (excludes halogenated alkanes) is 4. The molecule has 1 aliphatic rings. The Morgan fingerprint density at radius 1 is 0.643 bits per heavy atom. The van der Waals surface area contributed by atoms with Gasteiger partial charge in [-0.3, -0.25) is 0 Å². The molecule has 156 valence electrons. The van der Waals surface area contributed by atoms with E-state index < -0.39 is 0 Å². The summed E-state index contributed by atoms with van der Waals surface area (Å²) in [5.74, 6) is 0.674. The molecule has 0 aromatic heterocycles. The van der Waals surface area contributed by atoms with Crippen molar-refractivity contribution in [2.24, 2.45) is 5.92 Å². The van der Waals surface area contributed by atoms with Crippen LogP contribution in [-0.4, -0.2) is 0 Å². The molecule has 28 heavy (non-hydrogen) atoms. The first-order valence-electron chi connectivity index (χ1n) is 12.2. The monoisotopic (exact) mass is 380 g/mol. The maximum Gasteiger partial charge on any atom is 0.00628 e. The zero-order valence-corrected chi connectivity index (χ0v) is 19.4. The van der Waals surface area contributed by atoms with E-state index >= 15 is 0 Å². The lowest BCUT2D eigenvalue weighted by Gasteiger charge is -2.21. The lowest BCUT2D eigenvalue weighted by Crippen LogP contribution is -2.05. The second-order valence-electron chi connectivity index (χ2n) is 8.77. The predicted octanol–water partition coefficient (Wildman–Crippen LogP) is 9.44. The molecule has 0 heterocycles. The number of hydrogen-bond donors (Lipinski definition) is 0. The van der Waals surface area contributed by atoms with Gasteiger partial charge in [0.05, 0.1) is 0 Å². The molecule has 0 amide bonds. The van der Waals surface area contributed by atoms with Crippen molar-refractivity contribution in [1.82, 2.24) is 0 Å². The van der Waals surface area contributed by atoms with Gasteiger partial charge in [-0.2, -0.15) is 0 Å². The van der Waals surface area contributed by atoms with Crippen molar-refractivity contribution < 1.29 is 0 Å². The number of allylic oxidation sites excluding steroid dienone is 4. The van der Waals surface area contributed by atoms with E-state index in [0.717, 1.165) is 0 Å². The van der Waals surface area contributed by atoms with E-state index in [-0.39, 0.29) is 0 Å². The van der Waals surface area contributed by atoms with E-state index in [2.05, 4.69) is 58.9 Å². The number of hydrogen-bond acceptors (Lipinski definition) is 0. The van der Waals surface area contributed by atoms with Gasteiger partial charge in [0.25, 0.3) is 0 Å². The zero-order valence-electron chi connectivity index (χ0n) is 19.4. The van der Waals surface area contributed by atoms with E-state index in [0.29, 0.717) is 5.92 Å². The molecule has 0 N–H and O–H groups in total. The normalized spacial score (nSPS) is 17.1. The average Bonchev–Trinajstić information content (AvgIpc) is 3.00. The quantitative estimate of drug-likeness (QED) is 0.319. The summed E-state index contributed by atoms with van der Waals surface area (Å²) >= 11 is 0. The Labute approximate surface area is 175 Å². The largest absolute Gasteiger partial charge is 0.0654 e. The van der Waals surface area contributed by atoms with Gasteiger partial charge in [-0.25, -0.2) is 0 Å². The fraction of sp³-hybridized carbons (Fsp3) is 0.643. The summed E-state index contributed by atoms with van der Waals surface area (Å²) in [4.78, 5) is 0. The summed E-state index contributed by atoms with van der Waals surface area (Å²) in [6.45, 7) is 11.6. The molecule has 0 heteroatoms. The second kappa shape index (κ2) is 12.3. The first-order valence-corrected chi connectivity index (χ1v) is 12.2. The van der Waals surface area contributed by atoms with Gasteiger partial charge in [0.2, 0.25) is 0 Å². The van der Waals surface area contributed by atoms with E-state index in [1.165, 1.54) is 88.2 Å². The van der Waals surface area contributed by atoms with E-state index in [1.54, 1.807) is 16.7 Å². The standard InChI is InChI=1S/C28H44/c1-6-10-14-24-25(15-11-7-2)27(17-13-9-4)28(26(24)16-12-8-3)23-20-18-22(5)19-21-23/h18-21,26H,6-17H2,1-5H3. The maximum atomic E-state index is 2.40. The molecule has 0 fully saturated rings. The van der Waals surface area contributed by atoms with Crippen LogP contribution in [0.1, 0.15) is 116 Å². The minimum atomic E-state index is 0.674. The number of aryl methyl sites for hydroxylation is 1. The highest BCUT2D eigenvalue weighted by Gasteiger charge is 2.32. The molecule has 1 atom stereocenters. The molecule has 1 aliphatic carbocycles. The van der Waals surface area contributed by atoms with Gasteiger partial charge >= 0.3 is 0 Å². The molecule has 1 aromatic carbocycles. The van der Waals surface area contributed by atoms with E-state index in [9.17, 15) is 0 Å². The fourth-order valence-corrected chi connectivity index (χ4v) is 4.78. The SMILES string of the molecule is CCCCC1=C(CCCC)C(CCCC)C(c2ccc(C)cc2)=C1CCCC. The Hall–Kier alpha value is -1.30. The van der Waals surface area contributed by atoms with Gasteiger partial charge in [-0.15, -0.1) is 0 Å². The first-order chi connectivity index (χ1) is 13.7. The van der Waals surface area contributed by atoms with Crippen LogP contribution in [0.3, 0.4) is 0 Å². The summed E-state index contributed by atoms with van der Waals surface area (Å²) in [5.41, 5.74) is 9.92. The van der Waals surface area contributed by atoms with Crippen molar-refractivity contribution in [3.8, 4) is 0 Å². The van der Waals surface area contributed by atoms with Crippen molar-refractivity contribution in [3.63, 3.8) is 0 Å². The number of benzene rings is 1. The van der Waals surface area contributed by atoms with Crippen molar-refractivity contribution in [2.75, 3.05) is 0 Å². The third-order valence-electron chi connectivity index (χ3n) is 6.42. The Bertz CT molecular complexity index is 641. The van der Waals surface area contributed by atoms with Crippen LogP contribution in [0, 0.1) is 12.8 Å². The topological polar surface area (TPSA) is 0 Å². The molecule has 0 bridgehead atoms. The van der Waals surface area contributed by atoms with Gasteiger partial charge in [0.15, 0.2) is 0 Å². The molecule has 0 radical (unpaired) electrons. The first kappa shape index (κ1) is 23.0. The zero-order chi connectivity index (χ0) is 20.4. The molecule has 0 spiro atoms. The van der Waals surface area contributed by atoms with Gasteiger partial charge in [0, 0.05) is 5.92 Å². The molecule has 0 saturated carbocycles. The van der Waals surface area contributed by atoms with Gasteiger partial charge < -0.3 is 0 Å². The van der Waals surface area contributed by atoms with Crippen molar-refractivity contribution in [1.29, 1.82) is 0 Å². The predicted molar refractivity (Wildman–Crippen MR) is 127 cm³/mol.